The first-order valence-corrected chi connectivity index (χ1v) is 6.12. The summed E-state index contributed by atoms with van der Waals surface area (Å²) in [5, 5.41) is 8.68. The van der Waals surface area contributed by atoms with Crippen LogP contribution in [-0.2, 0) is 6.54 Å². The van der Waals surface area contributed by atoms with Crippen LogP contribution in [0.1, 0.15) is 25.8 Å². The molecule has 1 aromatic carbocycles. The predicted octanol–water partition coefficient (Wildman–Crippen LogP) is 2.40. The molecule has 4 heteroatoms. The van der Waals surface area contributed by atoms with E-state index < -0.39 is 0 Å². The van der Waals surface area contributed by atoms with Crippen LogP contribution in [0.25, 0.3) is 0 Å². The van der Waals surface area contributed by atoms with Gasteiger partial charge in [-0.15, -0.1) is 0 Å². The zero-order valence-electron chi connectivity index (χ0n) is 11.3. The first kappa shape index (κ1) is 14.3. The summed E-state index contributed by atoms with van der Waals surface area (Å²) in [6.07, 6.45) is 0.537. The van der Waals surface area contributed by atoms with Crippen molar-refractivity contribution in [2.45, 2.75) is 32.9 Å². The van der Waals surface area contributed by atoms with Crippen molar-refractivity contribution in [2.24, 2.45) is 0 Å². The van der Waals surface area contributed by atoms with Crippen LogP contribution in [0.2, 0.25) is 0 Å². The Labute approximate surface area is 109 Å². The number of nitriles is 1. The average Bonchev–Trinajstić information content (AvgIpc) is 2.35. The lowest BCUT2D eigenvalue weighted by atomic mass is 10.1. The third-order valence-corrected chi connectivity index (χ3v) is 2.93. The number of methoxy groups -OCH3 is 1. The summed E-state index contributed by atoms with van der Waals surface area (Å²) in [7, 11) is 1.65. The molecule has 0 saturated carbocycles. The van der Waals surface area contributed by atoms with Gasteiger partial charge in [-0.25, -0.2) is 0 Å². The van der Waals surface area contributed by atoms with Gasteiger partial charge in [0.25, 0.3) is 0 Å². The second-order valence-electron chi connectivity index (χ2n) is 4.54. The molecule has 0 aliphatic rings. The summed E-state index contributed by atoms with van der Waals surface area (Å²) in [5.41, 5.74) is 7.53. The van der Waals surface area contributed by atoms with E-state index in [1.165, 1.54) is 0 Å². The normalized spacial score (nSPS) is 10.7. The first-order valence-electron chi connectivity index (χ1n) is 6.12. The van der Waals surface area contributed by atoms with Crippen LogP contribution in [0, 0.1) is 11.3 Å². The number of ether oxygens (including phenoxy) is 1. The molecule has 0 amide bonds. The highest BCUT2D eigenvalue weighted by atomic mass is 16.5. The van der Waals surface area contributed by atoms with E-state index in [1.54, 1.807) is 7.11 Å². The molecule has 0 fully saturated rings. The van der Waals surface area contributed by atoms with E-state index in [2.05, 4.69) is 24.8 Å². The molecule has 1 rings (SSSR count). The van der Waals surface area contributed by atoms with E-state index in [0.717, 1.165) is 24.4 Å². The fourth-order valence-electron chi connectivity index (χ4n) is 1.82. The number of anilines is 1. The molecule has 0 spiro atoms. The van der Waals surface area contributed by atoms with Gasteiger partial charge in [0.15, 0.2) is 0 Å². The molecule has 0 unspecified atom stereocenters. The lowest BCUT2D eigenvalue weighted by molar-refractivity contribution is 0.215. The molecular weight excluding hydrogens is 226 g/mol. The zero-order chi connectivity index (χ0) is 13.5. The number of nitrogens with zero attached hydrogens (tertiary/aromatic N) is 2. The van der Waals surface area contributed by atoms with Crippen LogP contribution in [0.5, 0.6) is 5.75 Å². The van der Waals surface area contributed by atoms with Crippen LogP contribution in [0.4, 0.5) is 5.69 Å². The molecule has 0 aromatic heterocycles. The summed E-state index contributed by atoms with van der Waals surface area (Å²) >= 11 is 0. The van der Waals surface area contributed by atoms with E-state index in [1.807, 2.05) is 18.2 Å². The monoisotopic (exact) mass is 247 g/mol. The molecule has 1 aromatic rings. The van der Waals surface area contributed by atoms with Gasteiger partial charge in [0, 0.05) is 42.9 Å². The Balaban J connectivity index is 2.83. The third kappa shape index (κ3) is 3.94. The molecule has 98 valence electrons. The topological polar surface area (TPSA) is 62.3 Å². The predicted molar refractivity (Wildman–Crippen MR) is 73.2 cm³/mol. The van der Waals surface area contributed by atoms with Crippen molar-refractivity contribution in [1.82, 2.24) is 4.90 Å². The molecule has 0 atom stereocenters. The molecule has 0 saturated heterocycles. The van der Waals surface area contributed by atoms with E-state index >= 15 is 0 Å². The van der Waals surface area contributed by atoms with Crippen molar-refractivity contribution in [2.75, 3.05) is 19.4 Å². The Morgan fingerprint density at radius 1 is 1.44 bits per heavy atom. The van der Waals surface area contributed by atoms with E-state index in [0.29, 0.717) is 18.2 Å². The van der Waals surface area contributed by atoms with Crippen molar-refractivity contribution in [3.05, 3.63) is 23.8 Å². The highest BCUT2D eigenvalue weighted by molar-refractivity contribution is 5.48. The highest BCUT2D eigenvalue weighted by Crippen LogP contribution is 2.23. The van der Waals surface area contributed by atoms with Crippen LogP contribution in [0.15, 0.2) is 18.2 Å². The Morgan fingerprint density at radius 3 is 2.72 bits per heavy atom. The molecule has 0 heterocycles. The van der Waals surface area contributed by atoms with Gasteiger partial charge in [0.1, 0.15) is 5.75 Å². The number of benzene rings is 1. The molecular formula is C14H21N3O. The molecule has 0 radical (unpaired) electrons. The first-order chi connectivity index (χ1) is 8.58. The van der Waals surface area contributed by atoms with E-state index in [-0.39, 0.29) is 0 Å². The van der Waals surface area contributed by atoms with Gasteiger partial charge in [-0.05, 0) is 19.9 Å². The highest BCUT2D eigenvalue weighted by Gasteiger charge is 2.12. The van der Waals surface area contributed by atoms with Crippen molar-refractivity contribution >= 4 is 5.69 Å². The largest absolute Gasteiger partial charge is 0.496 e. The quantitative estimate of drug-likeness (QED) is 0.784. The van der Waals surface area contributed by atoms with Crippen LogP contribution < -0.4 is 10.5 Å². The van der Waals surface area contributed by atoms with Gasteiger partial charge in [-0.2, -0.15) is 5.26 Å². The number of nitrogen functional groups attached to an aromatic ring is 1. The van der Waals surface area contributed by atoms with Crippen molar-refractivity contribution in [3.63, 3.8) is 0 Å². The van der Waals surface area contributed by atoms with Gasteiger partial charge in [0.2, 0.25) is 0 Å². The lowest BCUT2D eigenvalue weighted by Gasteiger charge is -2.26. The molecule has 0 aliphatic heterocycles. The van der Waals surface area contributed by atoms with Crippen molar-refractivity contribution in [3.8, 4) is 11.8 Å². The molecule has 0 bridgehead atoms. The van der Waals surface area contributed by atoms with Crippen LogP contribution >= 0.6 is 0 Å². The second-order valence-corrected chi connectivity index (χ2v) is 4.54. The van der Waals surface area contributed by atoms with Gasteiger partial charge in [-0.1, -0.05) is 6.07 Å². The molecule has 0 aliphatic carbocycles. The SMILES string of the molecule is COc1cc(N)ccc1CN(CCC#N)C(C)C. The minimum Gasteiger partial charge on any atom is -0.496 e. The maximum absolute atomic E-state index is 8.68. The number of nitrogens with two attached hydrogens (primary N) is 1. The number of hydrogen-bond acceptors (Lipinski definition) is 4. The van der Waals surface area contributed by atoms with Gasteiger partial charge in [-0.3, -0.25) is 4.90 Å². The molecule has 18 heavy (non-hydrogen) atoms. The minimum absolute atomic E-state index is 0.389. The standard InChI is InChI=1S/C14H21N3O/c1-11(2)17(8-4-7-15)10-12-5-6-13(16)9-14(12)18-3/h5-6,9,11H,4,8,10,16H2,1-3H3. The summed E-state index contributed by atoms with van der Waals surface area (Å²) in [4.78, 5) is 2.25. The number of rotatable bonds is 6. The fourth-order valence-corrected chi connectivity index (χ4v) is 1.82. The fraction of sp³-hybridized carbons (Fsp3) is 0.500. The maximum Gasteiger partial charge on any atom is 0.125 e. The van der Waals surface area contributed by atoms with Gasteiger partial charge >= 0.3 is 0 Å². The molecule has 4 nitrogen and oxygen atoms in total. The van der Waals surface area contributed by atoms with Crippen LogP contribution in [0.3, 0.4) is 0 Å². The Kier molecular flexibility index (Phi) is 5.47. The summed E-state index contributed by atoms with van der Waals surface area (Å²) in [6, 6.07) is 8.26. The van der Waals surface area contributed by atoms with Crippen LogP contribution in [-0.4, -0.2) is 24.6 Å². The smallest absolute Gasteiger partial charge is 0.125 e. The second kappa shape index (κ2) is 6.87. The third-order valence-electron chi connectivity index (χ3n) is 2.93. The Morgan fingerprint density at radius 2 is 2.17 bits per heavy atom. The minimum atomic E-state index is 0.389. The summed E-state index contributed by atoms with van der Waals surface area (Å²) in [5.74, 6) is 0.803. The van der Waals surface area contributed by atoms with E-state index in [9.17, 15) is 0 Å². The number of hydrogen-bond donors (Lipinski definition) is 1. The Hall–Kier alpha value is -1.73. The van der Waals surface area contributed by atoms with Gasteiger partial charge in [0.05, 0.1) is 13.2 Å². The molecule has 2 N–H and O–H groups in total. The lowest BCUT2D eigenvalue weighted by Crippen LogP contribution is -2.31. The van der Waals surface area contributed by atoms with Crippen molar-refractivity contribution in [1.29, 1.82) is 5.26 Å². The van der Waals surface area contributed by atoms with E-state index in [4.69, 9.17) is 15.7 Å². The zero-order valence-corrected chi connectivity index (χ0v) is 11.3. The van der Waals surface area contributed by atoms with Crippen molar-refractivity contribution < 1.29 is 4.74 Å². The maximum atomic E-state index is 8.68. The average molecular weight is 247 g/mol. The summed E-state index contributed by atoms with van der Waals surface area (Å²) in [6.45, 7) is 5.78. The summed E-state index contributed by atoms with van der Waals surface area (Å²) < 4.78 is 5.34. The Bertz CT molecular complexity index is 424. The van der Waals surface area contributed by atoms with Gasteiger partial charge < -0.3 is 10.5 Å².